The first-order chi connectivity index (χ1) is 7.43. The van der Waals surface area contributed by atoms with Crippen LogP contribution in [0.1, 0.15) is 5.69 Å². The van der Waals surface area contributed by atoms with Gasteiger partial charge in [0.05, 0.1) is 0 Å². The molecule has 0 bridgehead atoms. The summed E-state index contributed by atoms with van der Waals surface area (Å²) in [6, 6.07) is 4.11. The molecule has 0 spiro atoms. The van der Waals surface area contributed by atoms with Crippen LogP contribution >= 0.6 is 0 Å². The predicted octanol–water partition coefficient (Wildman–Crippen LogP) is 2.68. The number of hydrogen-bond donors (Lipinski definition) is 1. The highest BCUT2D eigenvalue weighted by molar-refractivity contribution is 5.75. The summed E-state index contributed by atoms with van der Waals surface area (Å²) in [4.78, 5) is 5.45. The lowest BCUT2D eigenvalue weighted by Gasteiger charge is -2.26. The van der Waals surface area contributed by atoms with Crippen molar-refractivity contribution in [3.63, 3.8) is 0 Å². The van der Waals surface area contributed by atoms with Gasteiger partial charge in [-0.2, -0.15) is 0 Å². The SMILES string of the molecule is C1=CCN2C=CC(c3ccc[nH]3)=CC2=C1. The fourth-order valence-corrected chi connectivity index (χ4v) is 1.88. The zero-order valence-corrected chi connectivity index (χ0v) is 8.35. The third-order valence-corrected chi connectivity index (χ3v) is 2.68. The fraction of sp³-hybridized carbons (Fsp3) is 0.0769. The highest BCUT2D eigenvalue weighted by Gasteiger charge is 2.11. The molecule has 2 nitrogen and oxygen atoms in total. The summed E-state index contributed by atoms with van der Waals surface area (Å²) in [6.45, 7) is 0.969. The molecule has 1 N–H and O–H groups in total. The maximum absolute atomic E-state index is 3.22. The molecule has 2 aliphatic rings. The fourth-order valence-electron chi connectivity index (χ4n) is 1.88. The largest absolute Gasteiger partial charge is 0.361 e. The highest BCUT2D eigenvalue weighted by Crippen LogP contribution is 2.24. The average Bonchev–Trinajstić information content (AvgIpc) is 2.82. The Morgan fingerprint density at radius 2 is 2.33 bits per heavy atom. The van der Waals surface area contributed by atoms with Crippen molar-refractivity contribution < 1.29 is 0 Å². The third kappa shape index (κ3) is 1.44. The first-order valence-corrected chi connectivity index (χ1v) is 5.10. The first-order valence-electron chi connectivity index (χ1n) is 5.10. The van der Waals surface area contributed by atoms with Gasteiger partial charge in [0.2, 0.25) is 0 Å². The highest BCUT2D eigenvalue weighted by atomic mass is 15.1. The molecule has 1 aromatic rings. The van der Waals surface area contributed by atoms with E-state index >= 15 is 0 Å². The van der Waals surface area contributed by atoms with E-state index in [4.69, 9.17) is 0 Å². The van der Waals surface area contributed by atoms with Gasteiger partial charge in [-0.25, -0.2) is 0 Å². The molecule has 0 atom stereocenters. The molecule has 74 valence electrons. The zero-order chi connectivity index (χ0) is 10.1. The minimum atomic E-state index is 0.969. The molecule has 3 rings (SSSR count). The lowest BCUT2D eigenvalue weighted by Crippen LogP contribution is -2.19. The number of nitrogens with zero attached hydrogens (tertiary/aromatic N) is 1. The van der Waals surface area contributed by atoms with Crippen molar-refractivity contribution in [2.75, 3.05) is 6.54 Å². The molecule has 1 aromatic heterocycles. The van der Waals surface area contributed by atoms with Crippen LogP contribution in [0.15, 0.2) is 60.6 Å². The van der Waals surface area contributed by atoms with E-state index in [1.165, 1.54) is 17.0 Å². The van der Waals surface area contributed by atoms with Crippen LogP contribution in [0.2, 0.25) is 0 Å². The van der Waals surface area contributed by atoms with Gasteiger partial charge < -0.3 is 9.88 Å². The topological polar surface area (TPSA) is 19.0 Å². The van der Waals surface area contributed by atoms with Crippen LogP contribution < -0.4 is 0 Å². The van der Waals surface area contributed by atoms with Gasteiger partial charge in [-0.3, -0.25) is 0 Å². The molecule has 0 saturated carbocycles. The molecule has 0 unspecified atom stereocenters. The van der Waals surface area contributed by atoms with Gasteiger partial charge in [-0.15, -0.1) is 0 Å². The summed E-state index contributed by atoms with van der Waals surface area (Å²) in [5, 5.41) is 0. The van der Waals surface area contributed by atoms with Crippen molar-refractivity contribution in [1.29, 1.82) is 0 Å². The molecule has 0 aromatic carbocycles. The Balaban J connectivity index is 2.00. The van der Waals surface area contributed by atoms with Crippen LogP contribution in [-0.2, 0) is 0 Å². The Morgan fingerprint density at radius 3 is 3.20 bits per heavy atom. The van der Waals surface area contributed by atoms with E-state index in [0.29, 0.717) is 0 Å². The Bertz CT molecular complexity index is 473. The lowest BCUT2D eigenvalue weighted by molar-refractivity contribution is 0.524. The van der Waals surface area contributed by atoms with Crippen molar-refractivity contribution in [3.8, 4) is 0 Å². The average molecular weight is 196 g/mol. The van der Waals surface area contributed by atoms with E-state index in [-0.39, 0.29) is 0 Å². The van der Waals surface area contributed by atoms with E-state index < -0.39 is 0 Å². The molecule has 0 radical (unpaired) electrons. The molecule has 0 amide bonds. The molecule has 3 heterocycles. The molecular weight excluding hydrogens is 184 g/mol. The van der Waals surface area contributed by atoms with Gasteiger partial charge in [0, 0.05) is 35.9 Å². The Morgan fingerprint density at radius 1 is 1.33 bits per heavy atom. The lowest BCUT2D eigenvalue weighted by atomic mass is 10.1. The van der Waals surface area contributed by atoms with Crippen LogP contribution in [0.5, 0.6) is 0 Å². The van der Waals surface area contributed by atoms with Crippen molar-refractivity contribution in [1.82, 2.24) is 9.88 Å². The maximum Gasteiger partial charge on any atom is 0.0455 e. The van der Waals surface area contributed by atoms with Crippen LogP contribution in [0.4, 0.5) is 0 Å². The van der Waals surface area contributed by atoms with Gasteiger partial charge in [-0.1, -0.05) is 12.2 Å². The summed E-state index contributed by atoms with van der Waals surface area (Å²) >= 11 is 0. The second kappa shape index (κ2) is 3.31. The third-order valence-electron chi connectivity index (χ3n) is 2.68. The van der Waals surface area contributed by atoms with Crippen molar-refractivity contribution in [3.05, 3.63) is 66.3 Å². The van der Waals surface area contributed by atoms with Gasteiger partial charge >= 0.3 is 0 Å². The molecule has 2 aliphatic heterocycles. The number of H-pyrrole nitrogens is 1. The molecule has 15 heavy (non-hydrogen) atoms. The van der Waals surface area contributed by atoms with E-state index in [9.17, 15) is 0 Å². The summed E-state index contributed by atoms with van der Waals surface area (Å²) in [5.74, 6) is 0. The van der Waals surface area contributed by atoms with E-state index in [1.807, 2.05) is 12.3 Å². The standard InChI is InChI=1S/C13H12N2/c1-2-8-15-9-6-11(10-12(15)4-1)13-5-3-7-14-13/h1-7,9-10,14H,8H2. The minimum Gasteiger partial charge on any atom is -0.361 e. The smallest absolute Gasteiger partial charge is 0.0455 e. The van der Waals surface area contributed by atoms with Crippen LogP contribution in [-0.4, -0.2) is 16.4 Å². The second-order valence-corrected chi connectivity index (χ2v) is 3.67. The number of nitrogens with one attached hydrogen (secondary N) is 1. The van der Waals surface area contributed by atoms with E-state index in [2.05, 4.69) is 52.5 Å². The van der Waals surface area contributed by atoms with Crippen LogP contribution in [0.25, 0.3) is 5.57 Å². The van der Waals surface area contributed by atoms with Crippen molar-refractivity contribution >= 4 is 5.57 Å². The summed E-state index contributed by atoms with van der Waals surface area (Å²) in [5.41, 5.74) is 3.66. The quantitative estimate of drug-likeness (QED) is 0.731. The number of allylic oxidation sites excluding steroid dienone is 5. The number of aromatic amines is 1. The monoisotopic (exact) mass is 196 g/mol. The zero-order valence-electron chi connectivity index (χ0n) is 8.35. The van der Waals surface area contributed by atoms with Gasteiger partial charge in [0.1, 0.15) is 0 Å². The molecule has 0 saturated heterocycles. The molecule has 0 fully saturated rings. The number of rotatable bonds is 1. The van der Waals surface area contributed by atoms with E-state index in [0.717, 1.165) is 6.54 Å². The maximum atomic E-state index is 3.22. The normalized spacial score (nSPS) is 18.5. The van der Waals surface area contributed by atoms with Gasteiger partial charge in [-0.05, 0) is 30.4 Å². The minimum absolute atomic E-state index is 0.969. The van der Waals surface area contributed by atoms with Gasteiger partial charge in [0.15, 0.2) is 0 Å². The number of aromatic nitrogens is 1. The molecular formula is C13H12N2. The van der Waals surface area contributed by atoms with Crippen LogP contribution in [0.3, 0.4) is 0 Å². The summed E-state index contributed by atoms with van der Waals surface area (Å²) < 4.78 is 0. The summed E-state index contributed by atoms with van der Waals surface area (Å²) in [7, 11) is 0. The van der Waals surface area contributed by atoms with Crippen molar-refractivity contribution in [2.24, 2.45) is 0 Å². The Kier molecular flexibility index (Phi) is 1.85. The van der Waals surface area contributed by atoms with Gasteiger partial charge in [0.25, 0.3) is 0 Å². The second-order valence-electron chi connectivity index (χ2n) is 3.67. The van der Waals surface area contributed by atoms with E-state index in [1.54, 1.807) is 0 Å². The Hall–Kier alpha value is -1.96. The molecule has 2 heteroatoms. The first kappa shape index (κ1) is 8.36. The number of hydrogen-bond acceptors (Lipinski definition) is 1. The number of fused-ring (bicyclic) bond motifs is 1. The predicted molar refractivity (Wildman–Crippen MR) is 61.8 cm³/mol. The Labute approximate surface area is 88.9 Å². The summed E-state index contributed by atoms with van der Waals surface area (Å²) in [6.07, 6.45) is 14.8. The van der Waals surface area contributed by atoms with Crippen LogP contribution in [0, 0.1) is 0 Å². The van der Waals surface area contributed by atoms with Crippen molar-refractivity contribution in [2.45, 2.75) is 0 Å². The molecule has 0 aliphatic carbocycles.